The average molecular weight is 297 g/mol. The molecule has 6 heteroatoms. The van der Waals surface area contributed by atoms with Crippen LogP contribution in [0.4, 0.5) is 18.9 Å². The summed E-state index contributed by atoms with van der Waals surface area (Å²) in [6.07, 6.45) is 0. The van der Waals surface area contributed by atoms with E-state index >= 15 is 0 Å². The van der Waals surface area contributed by atoms with Crippen LogP contribution in [0.1, 0.15) is 11.6 Å². The van der Waals surface area contributed by atoms with E-state index in [-0.39, 0.29) is 5.56 Å². The molecular weight excluding hydrogens is 289 g/mol. The maximum Gasteiger partial charge on any atom is 0.194 e. The highest BCUT2D eigenvalue weighted by atomic mass is 35.5. The van der Waals surface area contributed by atoms with Crippen LogP contribution in [0, 0.1) is 28.8 Å². The van der Waals surface area contributed by atoms with Crippen molar-refractivity contribution < 1.29 is 13.2 Å². The van der Waals surface area contributed by atoms with Gasteiger partial charge in [-0.2, -0.15) is 5.26 Å². The fourth-order valence-electron chi connectivity index (χ4n) is 1.67. The normalized spacial score (nSPS) is 11.8. The van der Waals surface area contributed by atoms with Crippen molar-refractivity contribution >= 4 is 17.3 Å². The Kier molecular flexibility index (Phi) is 4.16. The first-order valence-corrected chi connectivity index (χ1v) is 5.96. The van der Waals surface area contributed by atoms with E-state index in [1.165, 1.54) is 0 Å². The number of para-hydroxylation sites is 1. The quantitative estimate of drug-likeness (QED) is 0.850. The molecule has 0 radical (unpaired) electrons. The highest BCUT2D eigenvalue weighted by Gasteiger charge is 2.17. The smallest absolute Gasteiger partial charge is 0.194 e. The second-order valence-corrected chi connectivity index (χ2v) is 4.39. The molecule has 0 bridgehead atoms. The van der Waals surface area contributed by atoms with Gasteiger partial charge in [-0.05, 0) is 29.8 Å². The van der Waals surface area contributed by atoms with Gasteiger partial charge in [0.2, 0.25) is 0 Å². The number of nitriles is 1. The largest absolute Gasteiger partial charge is 0.365 e. The van der Waals surface area contributed by atoms with Crippen LogP contribution in [-0.2, 0) is 0 Å². The van der Waals surface area contributed by atoms with Crippen LogP contribution in [-0.4, -0.2) is 0 Å². The molecule has 0 heterocycles. The molecule has 20 heavy (non-hydrogen) atoms. The summed E-state index contributed by atoms with van der Waals surface area (Å²) in [6, 6.07) is 8.94. The fourth-order valence-corrected chi connectivity index (χ4v) is 1.86. The Balaban J connectivity index is 2.35. The van der Waals surface area contributed by atoms with Crippen molar-refractivity contribution in [2.24, 2.45) is 0 Å². The molecular formula is C14H8ClF3N2. The van der Waals surface area contributed by atoms with Crippen LogP contribution in [0.5, 0.6) is 0 Å². The fraction of sp³-hybridized carbons (Fsp3) is 0.0714. The topological polar surface area (TPSA) is 35.8 Å². The molecule has 2 rings (SSSR count). The molecule has 102 valence electrons. The predicted octanol–water partition coefficient (Wildman–Crippen LogP) is 4.43. The van der Waals surface area contributed by atoms with Gasteiger partial charge >= 0.3 is 0 Å². The number of anilines is 1. The van der Waals surface area contributed by atoms with Crippen molar-refractivity contribution in [3.8, 4) is 6.07 Å². The Labute approximate surface area is 118 Å². The van der Waals surface area contributed by atoms with E-state index in [4.69, 9.17) is 16.9 Å². The summed E-state index contributed by atoms with van der Waals surface area (Å²) in [6.45, 7) is 0. The molecule has 0 aliphatic rings. The van der Waals surface area contributed by atoms with Gasteiger partial charge in [0.1, 0.15) is 6.04 Å². The molecule has 0 aliphatic carbocycles. The first-order chi connectivity index (χ1) is 9.52. The maximum absolute atomic E-state index is 13.2. The molecule has 1 atom stereocenters. The molecule has 2 nitrogen and oxygen atoms in total. The molecule has 2 aromatic rings. The van der Waals surface area contributed by atoms with Gasteiger partial charge in [0, 0.05) is 0 Å². The number of hydrogen-bond acceptors (Lipinski definition) is 2. The van der Waals surface area contributed by atoms with Crippen molar-refractivity contribution in [2.75, 3.05) is 5.32 Å². The van der Waals surface area contributed by atoms with Crippen LogP contribution >= 0.6 is 11.6 Å². The van der Waals surface area contributed by atoms with Gasteiger partial charge < -0.3 is 5.32 Å². The van der Waals surface area contributed by atoms with Gasteiger partial charge in [0.15, 0.2) is 17.5 Å². The standard InChI is InChI=1S/C14H8ClF3N2/c15-9-3-1-2-4-12(9)20-13(7-19)8-5-10(16)14(18)11(17)6-8/h1-6,13,20H. The Morgan fingerprint density at radius 1 is 1.10 bits per heavy atom. The lowest BCUT2D eigenvalue weighted by atomic mass is 10.1. The number of hydrogen-bond donors (Lipinski definition) is 1. The zero-order chi connectivity index (χ0) is 14.7. The van der Waals surface area contributed by atoms with Crippen LogP contribution in [0.15, 0.2) is 36.4 Å². The van der Waals surface area contributed by atoms with Crippen molar-refractivity contribution in [3.05, 3.63) is 64.4 Å². The number of halogens is 4. The average Bonchev–Trinajstić information content (AvgIpc) is 2.43. The minimum absolute atomic E-state index is 0.0242. The first kappa shape index (κ1) is 14.2. The second-order valence-electron chi connectivity index (χ2n) is 3.98. The lowest BCUT2D eigenvalue weighted by Gasteiger charge is -2.14. The van der Waals surface area contributed by atoms with Crippen LogP contribution in [0.3, 0.4) is 0 Å². The number of nitrogens with zero attached hydrogens (tertiary/aromatic N) is 1. The lowest BCUT2D eigenvalue weighted by Crippen LogP contribution is -2.10. The third kappa shape index (κ3) is 2.86. The molecule has 2 aromatic carbocycles. The predicted molar refractivity (Wildman–Crippen MR) is 69.7 cm³/mol. The Bertz CT molecular complexity index is 659. The van der Waals surface area contributed by atoms with Gasteiger partial charge in [-0.15, -0.1) is 0 Å². The molecule has 0 spiro atoms. The Hall–Kier alpha value is -2.19. The lowest BCUT2D eigenvalue weighted by molar-refractivity contribution is 0.445. The minimum Gasteiger partial charge on any atom is -0.365 e. The molecule has 1 N–H and O–H groups in total. The van der Waals surface area contributed by atoms with E-state index in [1.807, 2.05) is 6.07 Å². The zero-order valence-electron chi connectivity index (χ0n) is 10.0. The van der Waals surface area contributed by atoms with Gasteiger partial charge in [-0.25, -0.2) is 13.2 Å². The van der Waals surface area contributed by atoms with E-state index in [1.54, 1.807) is 24.3 Å². The van der Waals surface area contributed by atoms with E-state index in [9.17, 15) is 13.2 Å². The molecule has 0 saturated heterocycles. The van der Waals surface area contributed by atoms with E-state index in [2.05, 4.69) is 5.32 Å². The summed E-state index contributed by atoms with van der Waals surface area (Å²) in [5.74, 6) is -4.26. The van der Waals surface area contributed by atoms with Crippen molar-refractivity contribution in [1.29, 1.82) is 5.26 Å². The van der Waals surface area contributed by atoms with Gasteiger partial charge in [0.05, 0.1) is 16.8 Å². The zero-order valence-corrected chi connectivity index (χ0v) is 10.8. The summed E-state index contributed by atoms with van der Waals surface area (Å²) in [5, 5.41) is 12.2. The van der Waals surface area contributed by atoms with E-state index in [0.717, 1.165) is 12.1 Å². The molecule has 0 saturated carbocycles. The molecule has 0 fully saturated rings. The van der Waals surface area contributed by atoms with Crippen molar-refractivity contribution in [3.63, 3.8) is 0 Å². The molecule has 1 unspecified atom stereocenters. The van der Waals surface area contributed by atoms with Gasteiger partial charge in [0.25, 0.3) is 0 Å². The number of benzene rings is 2. The minimum atomic E-state index is -1.57. The van der Waals surface area contributed by atoms with Gasteiger partial charge in [-0.3, -0.25) is 0 Å². The van der Waals surface area contributed by atoms with Crippen LogP contribution in [0.2, 0.25) is 5.02 Å². The molecule has 0 aromatic heterocycles. The number of nitrogens with one attached hydrogen (secondary N) is 1. The first-order valence-electron chi connectivity index (χ1n) is 5.58. The van der Waals surface area contributed by atoms with E-state index in [0.29, 0.717) is 10.7 Å². The SMILES string of the molecule is N#CC(Nc1ccccc1Cl)c1cc(F)c(F)c(F)c1. The summed E-state index contributed by atoms with van der Waals surface area (Å²) < 4.78 is 39.2. The summed E-state index contributed by atoms with van der Waals surface area (Å²) in [7, 11) is 0. The van der Waals surface area contributed by atoms with Crippen LogP contribution < -0.4 is 5.32 Å². The summed E-state index contributed by atoms with van der Waals surface area (Å²) in [5.41, 5.74) is 0.412. The van der Waals surface area contributed by atoms with Crippen molar-refractivity contribution in [1.82, 2.24) is 0 Å². The summed E-state index contributed by atoms with van der Waals surface area (Å²) in [4.78, 5) is 0. The van der Waals surface area contributed by atoms with E-state index < -0.39 is 23.5 Å². The molecule has 0 aliphatic heterocycles. The monoisotopic (exact) mass is 296 g/mol. The highest BCUT2D eigenvalue weighted by molar-refractivity contribution is 6.33. The third-order valence-electron chi connectivity index (χ3n) is 2.64. The van der Waals surface area contributed by atoms with Gasteiger partial charge in [-0.1, -0.05) is 23.7 Å². The Morgan fingerprint density at radius 3 is 2.25 bits per heavy atom. The highest BCUT2D eigenvalue weighted by Crippen LogP contribution is 2.27. The third-order valence-corrected chi connectivity index (χ3v) is 2.97. The van der Waals surface area contributed by atoms with Crippen LogP contribution in [0.25, 0.3) is 0 Å². The summed E-state index contributed by atoms with van der Waals surface area (Å²) >= 11 is 5.92. The number of rotatable bonds is 3. The Morgan fingerprint density at radius 2 is 1.70 bits per heavy atom. The van der Waals surface area contributed by atoms with Crippen molar-refractivity contribution in [2.45, 2.75) is 6.04 Å². The second kappa shape index (κ2) is 5.85. The molecule has 0 amide bonds. The maximum atomic E-state index is 13.2.